The second kappa shape index (κ2) is 8.97. The Morgan fingerprint density at radius 1 is 1.19 bits per heavy atom. The van der Waals surface area contributed by atoms with Gasteiger partial charge < -0.3 is 15.5 Å². The topological polar surface area (TPSA) is 72.8 Å². The molecule has 2 aromatic carbocycles. The minimum absolute atomic E-state index is 0.00595. The van der Waals surface area contributed by atoms with E-state index in [1.165, 1.54) is 18.2 Å². The van der Waals surface area contributed by atoms with E-state index in [4.69, 9.17) is 0 Å². The van der Waals surface area contributed by atoms with Crippen molar-refractivity contribution in [3.63, 3.8) is 0 Å². The van der Waals surface area contributed by atoms with Gasteiger partial charge in [0.2, 0.25) is 0 Å². The molecule has 27 heavy (non-hydrogen) atoms. The van der Waals surface area contributed by atoms with Gasteiger partial charge in [0.25, 0.3) is 5.91 Å². The van der Waals surface area contributed by atoms with Crippen molar-refractivity contribution in [2.24, 2.45) is 0 Å². The predicted octanol–water partition coefficient (Wildman–Crippen LogP) is 2.77. The van der Waals surface area contributed by atoms with E-state index in [0.717, 1.165) is 25.8 Å². The molecule has 0 aliphatic carbocycles. The Kier molecular flexibility index (Phi) is 6.42. The smallest absolute Gasteiger partial charge is 0.251 e. The van der Waals surface area contributed by atoms with Gasteiger partial charge in [-0.1, -0.05) is 18.6 Å². The first-order valence-corrected chi connectivity index (χ1v) is 9.30. The Labute approximate surface area is 158 Å². The maximum atomic E-state index is 13.4. The van der Waals surface area contributed by atoms with Crippen LogP contribution in [0.3, 0.4) is 0 Å². The van der Waals surface area contributed by atoms with Crippen LogP contribution in [0.1, 0.15) is 29.6 Å². The van der Waals surface area contributed by atoms with Gasteiger partial charge in [-0.15, -0.1) is 0 Å². The molecule has 3 N–H and O–H groups in total. The molecule has 1 amide bonds. The van der Waals surface area contributed by atoms with Gasteiger partial charge in [-0.2, -0.15) is 0 Å². The van der Waals surface area contributed by atoms with Crippen LogP contribution in [0, 0.1) is 5.82 Å². The first-order chi connectivity index (χ1) is 13.1. The van der Waals surface area contributed by atoms with Gasteiger partial charge in [0, 0.05) is 30.3 Å². The molecule has 0 radical (unpaired) electrons. The number of carbonyl (C=O) groups excluding carboxylic acids is 1. The molecule has 1 fully saturated rings. The number of benzene rings is 2. The summed E-state index contributed by atoms with van der Waals surface area (Å²) in [7, 11) is 0. The predicted molar refractivity (Wildman–Crippen MR) is 102 cm³/mol. The Hall–Kier alpha value is -2.44. The van der Waals surface area contributed by atoms with Gasteiger partial charge in [0.15, 0.2) is 0 Å². The molecule has 3 rings (SSSR count). The number of phenols is 1. The van der Waals surface area contributed by atoms with E-state index >= 15 is 0 Å². The van der Waals surface area contributed by atoms with Crippen LogP contribution in [-0.2, 0) is 0 Å². The number of carbonyl (C=O) groups is 1. The van der Waals surface area contributed by atoms with E-state index in [1.807, 2.05) is 0 Å². The molecule has 1 heterocycles. The SMILES string of the molecule is O=C(NCCN1CCCC[C@@H]1CO)c1ccc(-c2cc(F)ccc2O)cc1. The first-order valence-electron chi connectivity index (χ1n) is 9.30. The van der Waals surface area contributed by atoms with Gasteiger partial charge in [-0.25, -0.2) is 4.39 Å². The highest BCUT2D eigenvalue weighted by molar-refractivity contribution is 5.94. The number of nitrogens with zero attached hydrogens (tertiary/aromatic N) is 1. The maximum absolute atomic E-state index is 13.4. The molecule has 0 spiro atoms. The molecular weight excluding hydrogens is 347 g/mol. The van der Waals surface area contributed by atoms with Crippen LogP contribution >= 0.6 is 0 Å². The molecule has 2 aromatic rings. The first kappa shape index (κ1) is 19.3. The van der Waals surface area contributed by atoms with Crippen LogP contribution in [0.2, 0.25) is 0 Å². The van der Waals surface area contributed by atoms with Crippen LogP contribution in [-0.4, -0.2) is 53.3 Å². The summed E-state index contributed by atoms with van der Waals surface area (Å²) in [4.78, 5) is 14.5. The van der Waals surface area contributed by atoms with E-state index in [9.17, 15) is 19.4 Å². The quantitative estimate of drug-likeness (QED) is 0.729. The molecule has 6 heteroatoms. The number of aliphatic hydroxyl groups is 1. The van der Waals surface area contributed by atoms with Crippen LogP contribution in [0.5, 0.6) is 5.75 Å². The van der Waals surface area contributed by atoms with Crippen molar-refractivity contribution in [3.8, 4) is 16.9 Å². The van der Waals surface area contributed by atoms with Crippen molar-refractivity contribution in [1.29, 1.82) is 0 Å². The fraction of sp³-hybridized carbons (Fsp3) is 0.381. The molecule has 0 saturated carbocycles. The summed E-state index contributed by atoms with van der Waals surface area (Å²) in [6, 6.07) is 10.7. The highest BCUT2D eigenvalue weighted by Gasteiger charge is 2.21. The van der Waals surface area contributed by atoms with Gasteiger partial charge in [-0.3, -0.25) is 9.69 Å². The number of piperidine rings is 1. The Balaban J connectivity index is 1.57. The van der Waals surface area contributed by atoms with E-state index in [-0.39, 0.29) is 24.3 Å². The lowest BCUT2D eigenvalue weighted by Gasteiger charge is -2.34. The normalized spacial score (nSPS) is 17.6. The third kappa shape index (κ3) is 4.84. The number of amides is 1. The van der Waals surface area contributed by atoms with Crippen molar-refractivity contribution < 1.29 is 19.4 Å². The van der Waals surface area contributed by atoms with Crippen LogP contribution in [0.15, 0.2) is 42.5 Å². The number of aliphatic hydroxyl groups excluding tert-OH is 1. The highest BCUT2D eigenvalue weighted by atomic mass is 19.1. The van der Waals surface area contributed by atoms with Crippen molar-refractivity contribution in [3.05, 3.63) is 53.8 Å². The van der Waals surface area contributed by atoms with Crippen molar-refractivity contribution in [2.75, 3.05) is 26.2 Å². The molecule has 1 aliphatic rings. The number of likely N-dealkylation sites (tertiary alicyclic amines) is 1. The molecular formula is C21H25FN2O3. The summed E-state index contributed by atoms with van der Waals surface area (Å²) in [6.07, 6.45) is 3.26. The summed E-state index contributed by atoms with van der Waals surface area (Å²) in [5.74, 6) is -0.611. The largest absolute Gasteiger partial charge is 0.507 e. The van der Waals surface area contributed by atoms with E-state index in [0.29, 0.717) is 29.8 Å². The lowest BCUT2D eigenvalue weighted by molar-refractivity contribution is 0.0849. The lowest BCUT2D eigenvalue weighted by Crippen LogP contribution is -2.45. The zero-order valence-electron chi connectivity index (χ0n) is 15.2. The summed E-state index contributed by atoms with van der Waals surface area (Å²) in [5.41, 5.74) is 1.54. The summed E-state index contributed by atoms with van der Waals surface area (Å²) in [6.45, 7) is 2.34. The van der Waals surface area contributed by atoms with Crippen molar-refractivity contribution in [1.82, 2.24) is 10.2 Å². The number of nitrogens with one attached hydrogen (secondary N) is 1. The standard InChI is InChI=1S/C21H25FN2O3/c22-17-8-9-20(26)19(13-17)15-4-6-16(7-5-15)21(27)23-10-12-24-11-2-1-3-18(24)14-25/h4-9,13,18,25-26H,1-3,10-12,14H2,(H,23,27)/t18-/m1/s1. The van der Waals surface area contributed by atoms with Gasteiger partial charge in [0.1, 0.15) is 11.6 Å². The van der Waals surface area contributed by atoms with Gasteiger partial charge >= 0.3 is 0 Å². The molecule has 144 valence electrons. The fourth-order valence-corrected chi connectivity index (χ4v) is 3.52. The molecule has 5 nitrogen and oxygen atoms in total. The van der Waals surface area contributed by atoms with E-state index in [2.05, 4.69) is 10.2 Å². The average molecular weight is 372 g/mol. The van der Waals surface area contributed by atoms with E-state index < -0.39 is 5.82 Å². The molecule has 1 aliphatic heterocycles. The Bertz CT molecular complexity index is 779. The van der Waals surface area contributed by atoms with Gasteiger partial charge in [-0.05, 0) is 55.3 Å². The minimum atomic E-state index is -0.427. The molecule has 0 aromatic heterocycles. The van der Waals surface area contributed by atoms with E-state index in [1.54, 1.807) is 24.3 Å². The second-order valence-electron chi connectivity index (χ2n) is 6.86. The van der Waals surface area contributed by atoms with Crippen molar-refractivity contribution in [2.45, 2.75) is 25.3 Å². The van der Waals surface area contributed by atoms with Crippen LogP contribution in [0.4, 0.5) is 4.39 Å². The number of halogens is 1. The second-order valence-corrected chi connectivity index (χ2v) is 6.86. The fourth-order valence-electron chi connectivity index (χ4n) is 3.52. The zero-order valence-corrected chi connectivity index (χ0v) is 15.2. The van der Waals surface area contributed by atoms with Crippen molar-refractivity contribution >= 4 is 5.91 Å². The Morgan fingerprint density at radius 2 is 1.96 bits per heavy atom. The summed E-state index contributed by atoms with van der Waals surface area (Å²) >= 11 is 0. The highest BCUT2D eigenvalue weighted by Crippen LogP contribution is 2.29. The molecule has 1 atom stereocenters. The third-order valence-corrected chi connectivity index (χ3v) is 5.06. The summed E-state index contributed by atoms with van der Waals surface area (Å²) < 4.78 is 13.4. The number of rotatable bonds is 6. The average Bonchev–Trinajstić information content (AvgIpc) is 2.70. The Morgan fingerprint density at radius 3 is 2.70 bits per heavy atom. The third-order valence-electron chi connectivity index (χ3n) is 5.06. The van der Waals surface area contributed by atoms with Crippen LogP contribution in [0.25, 0.3) is 11.1 Å². The molecule has 1 saturated heterocycles. The zero-order chi connectivity index (χ0) is 19.2. The molecule has 0 unspecified atom stereocenters. The molecule has 0 bridgehead atoms. The number of aromatic hydroxyl groups is 1. The van der Waals surface area contributed by atoms with Gasteiger partial charge in [0.05, 0.1) is 6.61 Å². The lowest BCUT2D eigenvalue weighted by atomic mass is 10.0. The number of hydrogen-bond acceptors (Lipinski definition) is 4. The van der Waals surface area contributed by atoms with Crippen LogP contribution < -0.4 is 5.32 Å². The maximum Gasteiger partial charge on any atom is 0.251 e. The number of hydrogen-bond donors (Lipinski definition) is 3. The number of phenolic OH excluding ortho intramolecular Hbond substituents is 1. The monoisotopic (exact) mass is 372 g/mol. The minimum Gasteiger partial charge on any atom is -0.507 e. The summed E-state index contributed by atoms with van der Waals surface area (Å²) in [5, 5.41) is 22.2.